The summed E-state index contributed by atoms with van der Waals surface area (Å²) in [5, 5.41) is 16.2. The molecule has 2 amide bonds. The largest absolute Gasteiger partial charge is 0.481 e. The molecule has 0 atom stereocenters. The van der Waals surface area contributed by atoms with Crippen LogP contribution in [0.25, 0.3) is 11.1 Å². The number of likely N-dealkylation sites (tertiary alicyclic amines) is 1. The van der Waals surface area contributed by atoms with Crippen LogP contribution < -0.4 is 5.32 Å². The van der Waals surface area contributed by atoms with Gasteiger partial charge in [0.15, 0.2) is 5.82 Å². The van der Waals surface area contributed by atoms with Gasteiger partial charge >= 0.3 is 12.1 Å². The molecule has 2 aromatic carbocycles. The van der Waals surface area contributed by atoms with Crippen LogP contribution in [0.4, 0.5) is 10.6 Å². The normalized spacial score (nSPS) is 15.7. The zero-order chi connectivity index (χ0) is 24.7. The first-order valence-corrected chi connectivity index (χ1v) is 11.5. The molecule has 0 saturated carbocycles. The van der Waals surface area contributed by atoms with E-state index in [1.54, 1.807) is 14.0 Å². The molecule has 2 N–H and O–H groups in total. The Hall–Kier alpha value is -4.14. The van der Waals surface area contributed by atoms with E-state index < -0.39 is 17.5 Å². The first kappa shape index (κ1) is 22.6. The summed E-state index contributed by atoms with van der Waals surface area (Å²) >= 11 is 0. The van der Waals surface area contributed by atoms with Crippen LogP contribution in [0.2, 0.25) is 0 Å². The Bertz CT molecular complexity index is 1280. The van der Waals surface area contributed by atoms with Crippen molar-refractivity contribution < 1.29 is 24.2 Å². The average molecular weight is 475 g/mol. The molecule has 5 rings (SSSR count). The van der Waals surface area contributed by atoms with Crippen LogP contribution in [0.15, 0.2) is 54.6 Å². The van der Waals surface area contributed by atoms with Crippen LogP contribution in [0.1, 0.15) is 40.9 Å². The molecule has 180 valence electrons. The second-order valence-corrected chi connectivity index (χ2v) is 9.09. The van der Waals surface area contributed by atoms with Gasteiger partial charge in [-0.25, -0.2) is 4.79 Å². The van der Waals surface area contributed by atoms with Gasteiger partial charge in [-0.15, -0.1) is 0 Å². The molecule has 2 heterocycles. The number of nitrogens with one attached hydrogen (secondary N) is 1. The number of hydrogen-bond acceptors (Lipinski definition) is 5. The Balaban J connectivity index is 1.22. The van der Waals surface area contributed by atoms with Crippen molar-refractivity contribution >= 4 is 23.8 Å². The fourth-order valence-corrected chi connectivity index (χ4v) is 4.97. The SMILES string of the molecule is CCC1(C(=O)O)CN(C(=O)c2cc(NC(=O)OCC3c4ccccc4-c4ccccc43)nn2C)C1. The molecule has 35 heavy (non-hydrogen) atoms. The fourth-order valence-electron chi connectivity index (χ4n) is 4.97. The molecule has 1 aliphatic heterocycles. The topological polar surface area (TPSA) is 114 Å². The summed E-state index contributed by atoms with van der Waals surface area (Å²) in [4.78, 5) is 38.4. The van der Waals surface area contributed by atoms with Crippen LogP contribution in [0, 0.1) is 5.41 Å². The predicted molar refractivity (Wildman–Crippen MR) is 128 cm³/mol. The van der Waals surface area contributed by atoms with Gasteiger partial charge in [-0.3, -0.25) is 19.6 Å². The van der Waals surface area contributed by atoms with E-state index in [2.05, 4.69) is 22.5 Å². The number of fused-ring (bicyclic) bond motifs is 3. The molecule has 0 bridgehead atoms. The minimum absolute atomic E-state index is 0.0616. The number of carboxylic acid groups (broad SMARTS) is 1. The maximum atomic E-state index is 12.8. The average Bonchev–Trinajstić information content (AvgIpc) is 3.34. The number of aliphatic carboxylic acids is 1. The number of carbonyl (C=O) groups excluding carboxylic acids is 2. The van der Waals surface area contributed by atoms with E-state index in [-0.39, 0.29) is 43.0 Å². The second-order valence-electron chi connectivity index (χ2n) is 9.09. The van der Waals surface area contributed by atoms with Gasteiger partial charge in [0.25, 0.3) is 5.91 Å². The Labute approximate surface area is 202 Å². The van der Waals surface area contributed by atoms with Gasteiger partial charge in [-0.2, -0.15) is 5.10 Å². The van der Waals surface area contributed by atoms with Gasteiger partial charge in [-0.05, 0) is 28.7 Å². The summed E-state index contributed by atoms with van der Waals surface area (Å²) in [5.74, 6) is -1.10. The molecule has 2 aliphatic rings. The Kier molecular flexibility index (Phi) is 5.55. The number of aryl methyl sites for hydroxylation is 1. The molecule has 3 aromatic rings. The summed E-state index contributed by atoms with van der Waals surface area (Å²) < 4.78 is 6.91. The summed E-state index contributed by atoms with van der Waals surface area (Å²) in [6, 6.07) is 17.6. The second kappa shape index (κ2) is 8.57. The zero-order valence-corrected chi connectivity index (χ0v) is 19.5. The van der Waals surface area contributed by atoms with Crippen molar-refractivity contribution in [2.24, 2.45) is 12.5 Å². The number of benzene rings is 2. The van der Waals surface area contributed by atoms with Gasteiger partial charge in [0.1, 0.15) is 17.7 Å². The molecule has 0 spiro atoms. The van der Waals surface area contributed by atoms with Gasteiger partial charge in [0.05, 0.1) is 0 Å². The zero-order valence-electron chi connectivity index (χ0n) is 19.5. The van der Waals surface area contributed by atoms with Crippen molar-refractivity contribution in [3.8, 4) is 11.1 Å². The third kappa shape index (κ3) is 3.82. The highest BCUT2D eigenvalue weighted by Crippen LogP contribution is 2.44. The first-order valence-electron chi connectivity index (χ1n) is 11.5. The van der Waals surface area contributed by atoms with E-state index in [4.69, 9.17) is 4.74 Å². The molecule has 9 nitrogen and oxygen atoms in total. The highest BCUT2D eigenvalue weighted by molar-refractivity contribution is 5.96. The molecule has 0 unspecified atom stereocenters. The van der Waals surface area contributed by atoms with Crippen molar-refractivity contribution in [2.75, 3.05) is 25.0 Å². The lowest BCUT2D eigenvalue weighted by Crippen LogP contribution is -2.62. The van der Waals surface area contributed by atoms with Crippen molar-refractivity contribution in [3.63, 3.8) is 0 Å². The van der Waals surface area contributed by atoms with Crippen LogP contribution in [-0.2, 0) is 16.6 Å². The highest BCUT2D eigenvalue weighted by Gasteiger charge is 2.50. The molecule has 1 saturated heterocycles. The molecule has 0 radical (unpaired) electrons. The number of anilines is 1. The maximum Gasteiger partial charge on any atom is 0.412 e. The van der Waals surface area contributed by atoms with Crippen molar-refractivity contribution in [3.05, 3.63) is 71.4 Å². The van der Waals surface area contributed by atoms with Crippen LogP contribution in [0.3, 0.4) is 0 Å². The summed E-state index contributed by atoms with van der Waals surface area (Å²) in [6.45, 7) is 2.27. The summed E-state index contributed by atoms with van der Waals surface area (Å²) in [7, 11) is 1.60. The molecular weight excluding hydrogens is 448 g/mol. The molecule has 1 aliphatic carbocycles. The number of ether oxygens (including phenoxy) is 1. The lowest BCUT2D eigenvalue weighted by atomic mass is 9.77. The van der Waals surface area contributed by atoms with E-state index in [0.29, 0.717) is 6.42 Å². The fraction of sp³-hybridized carbons (Fsp3) is 0.308. The number of hydrogen-bond donors (Lipinski definition) is 2. The Morgan fingerprint density at radius 2 is 1.69 bits per heavy atom. The van der Waals surface area contributed by atoms with Crippen LogP contribution >= 0.6 is 0 Å². The first-order chi connectivity index (χ1) is 16.8. The number of amides is 2. The number of carbonyl (C=O) groups is 3. The minimum atomic E-state index is -0.897. The lowest BCUT2D eigenvalue weighted by molar-refractivity contribution is -0.158. The van der Waals surface area contributed by atoms with Gasteiger partial charge in [0.2, 0.25) is 0 Å². The van der Waals surface area contributed by atoms with E-state index in [9.17, 15) is 19.5 Å². The summed E-state index contributed by atoms with van der Waals surface area (Å²) in [6.07, 6.45) is -0.213. The summed E-state index contributed by atoms with van der Waals surface area (Å²) in [5.41, 5.74) is 3.89. The number of aromatic nitrogens is 2. The third-order valence-corrected chi connectivity index (χ3v) is 7.08. The Morgan fingerprint density at radius 1 is 1.09 bits per heavy atom. The molecule has 1 fully saturated rings. The maximum absolute atomic E-state index is 12.8. The van der Waals surface area contributed by atoms with E-state index >= 15 is 0 Å². The van der Waals surface area contributed by atoms with Gasteiger partial charge < -0.3 is 14.7 Å². The minimum Gasteiger partial charge on any atom is -0.481 e. The van der Waals surface area contributed by atoms with E-state index in [1.807, 2.05) is 36.4 Å². The Morgan fingerprint density at radius 3 is 2.26 bits per heavy atom. The van der Waals surface area contributed by atoms with Crippen molar-refractivity contribution in [1.29, 1.82) is 0 Å². The standard InChI is InChI=1S/C26H26N4O5/c1-3-26(24(32)33)14-30(15-26)23(31)21-12-22(28-29(21)2)27-25(34)35-13-20-18-10-6-4-8-16(18)17-9-5-7-11-19(17)20/h4-12,20H,3,13-15H2,1-2H3,(H,32,33)(H,27,28,34). The molecular formula is C26H26N4O5. The van der Waals surface area contributed by atoms with E-state index in [0.717, 1.165) is 22.3 Å². The lowest BCUT2D eigenvalue weighted by Gasteiger charge is -2.46. The van der Waals surface area contributed by atoms with Crippen molar-refractivity contribution in [1.82, 2.24) is 14.7 Å². The number of nitrogens with zero attached hydrogens (tertiary/aromatic N) is 3. The van der Waals surface area contributed by atoms with Crippen LogP contribution in [-0.4, -0.2) is 57.5 Å². The quantitative estimate of drug-likeness (QED) is 0.563. The predicted octanol–water partition coefficient (Wildman–Crippen LogP) is 3.72. The third-order valence-electron chi connectivity index (χ3n) is 7.08. The molecule has 9 heteroatoms. The van der Waals surface area contributed by atoms with E-state index in [1.165, 1.54) is 15.6 Å². The number of carboxylic acids is 1. The van der Waals surface area contributed by atoms with Gasteiger partial charge in [-0.1, -0.05) is 55.5 Å². The monoisotopic (exact) mass is 474 g/mol. The number of rotatable bonds is 6. The van der Waals surface area contributed by atoms with Gasteiger partial charge in [0, 0.05) is 32.1 Å². The molecule has 1 aromatic heterocycles. The van der Waals surface area contributed by atoms with Crippen molar-refractivity contribution in [2.45, 2.75) is 19.3 Å². The van der Waals surface area contributed by atoms with Crippen LogP contribution in [0.5, 0.6) is 0 Å². The highest BCUT2D eigenvalue weighted by atomic mass is 16.5. The smallest absolute Gasteiger partial charge is 0.412 e.